The molecule has 0 fully saturated rings. The minimum absolute atomic E-state index is 0.0459. The molecule has 1 amide bonds. The van der Waals surface area contributed by atoms with Crippen LogP contribution >= 0.6 is 11.3 Å². The third-order valence-corrected chi connectivity index (χ3v) is 6.40. The maximum absolute atomic E-state index is 12.4. The average molecular weight is 418 g/mol. The van der Waals surface area contributed by atoms with Gasteiger partial charge in [0.25, 0.3) is 15.9 Å². The number of nitrogens with one attached hydrogen (secondary N) is 2. The molecule has 0 radical (unpaired) electrons. The van der Waals surface area contributed by atoms with E-state index < -0.39 is 15.9 Å². The Labute approximate surface area is 164 Å². The van der Waals surface area contributed by atoms with E-state index >= 15 is 0 Å². The van der Waals surface area contributed by atoms with Gasteiger partial charge in [0.15, 0.2) is 11.5 Å². The summed E-state index contributed by atoms with van der Waals surface area (Å²) in [6, 6.07) is 13.7. The first-order chi connectivity index (χ1) is 13.5. The number of sulfonamides is 1. The summed E-state index contributed by atoms with van der Waals surface area (Å²) in [6.45, 7) is 0.192. The van der Waals surface area contributed by atoms with Gasteiger partial charge in [-0.1, -0.05) is 35.6 Å². The smallest absolute Gasteiger partial charge is 0.270 e. The number of carbonyl (C=O) groups excluding carboxylic acids is 1. The van der Waals surface area contributed by atoms with Gasteiger partial charge in [-0.05, 0) is 29.8 Å². The molecule has 9 nitrogen and oxygen atoms in total. The first-order valence-electron chi connectivity index (χ1n) is 8.09. The van der Waals surface area contributed by atoms with Gasteiger partial charge in [-0.25, -0.2) is 13.1 Å². The Morgan fingerprint density at radius 3 is 2.68 bits per heavy atom. The van der Waals surface area contributed by atoms with Gasteiger partial charge in [-0.3, -0.25) is 10.1 Å². The third kappa shape index (κ3) is 3.96. The summed E-state index contributed by atoms with van der Waals surface area (Å²) < 4.78 is 37.6. The van der Waals surface area contributed by atoms with E-state index in [1.165, 1.54) is 0 Å². The average Bonchev–Trinajstić information content (AvgIpc) is 3.36. The van der Waals surface area contributed by atoms with E-state index in [1.54, 1.807) is 48.5 Å². The second kappa shape index (κ2) is 7.54. The van der Waals surface area contributed by atoms with E-state index in [0.29, 0.717) is 22.6 Å². The van der Waals surface area contributed by atoms with Gasteiger partial charge in [-0.15, -0.1) is 10.2 Å². The monoisotopic (exact) mass is 418 g/mol. The van der Waals surface area contributed by atoms with Gasteiger partial charge in [0, 0.05) is 12.1 Å². The maximum Gasteiger partial charge on any atom is 0.270 e. The van der Waals surface area contributed by atoms with Crippen LogP contribution in [0, 0.1) is 0 Å². The van der Waals surface area contributed by atoms with Crippen LogP contribution in [-0.2, 0) is 16.6 Å². The number of carbonyl (C=O) groups is 1. The number of nitrogens with zero attached hydrogens (tertiary/aromatic N) is 2. The number of hydrogen-bond acceptors (Lipinski definition) is 8. The fourth-order valence-corrected chi connectivity index (χ4v) is 4.37. The lowest BCUT2D eigenvalue weighted by Gasteiger charge is -2.05. The SMILES string of the molecule is O=C(Nc1nnc(S(=O)(=O)NCc2ccc3c(c2)OCO3)s1)c1ccccc1. The van der Waals surface area contributed by atoms with Crippen LogP contribution in [0.25, 0.3) is 0 Å². The van der Waals surface area contributed by atoms with Crippen LogP contribution in [0.2, 0.25) is 0 Å². The highest BCUT2D eigenvalue weighted by atomic mass is 32.2. The number of amides is 1. The van der Waals surface area contributed by atoms with Crippen LogP contribution in [0.5, 0.6) is 11.5 Å². The van der Waals surface area contributed by atoms with Crippen molar-refractivity contribution >= 4 is 32.4 Å². The second-order valence-corrected chi connectivity index (χ2v) is 8.62. The molecule has 0 unspecified atom stereocenters. The fraction of sp³-hybridized carbons (Fsp3) is 0.118. The van der Waals surface area contributed by atoms with E-state index in [9.17, 15) is 13.2 Å². The first kappa shape index (κ1) is 18.3. The van der Waals surface area contributed by atoms with Crippen molar-refractivity contribution in [2.45, 2.75) is 10.9 Å². The summed E-state index contributed by atoms with van der Waals surface area (Å²) in [5, 5.41) is 10.0. The minimum Gasteiger partial charge on any atom is -0.454 e. The Morgan fingerprint density at radius 2 is 1.86 bits per heavy atom. The van der Waals surface area contributed by atoms with Crippen molar-refractivity contribution in [2.75, 3.05) is 12.1 Å². The molecule has 0 bridgehead atoms. The summed E-state index contributed by atoms with van der Waals surface area (Å²) in [6.07, 6.45) is 0. The molecule has 0 saturated carbocycles. The molecule has 1 aromatic heterocycles. The molecule has 144 valence electrons. The standard InChI is InChI=1S/C17H14N4O5S2/c22-15(12-4-2-1-3-5-12)19-16-20-21-17(27-16)28(23,24)18-9-11-6-7-13-14(8-11)26-10-25-13/h1-8,18H,9-10H2,(H,19,20,22). The summed E-state index contributed by atoms with van der Waals surface area (Å²) in [4.78, 5) is 12.1. The van der Waals surface area contributed by atoms with E-state index in [-0.39, 0.29) is 22.8 Å². The largest absolute Gasteiger partial charge is 0.454 e. The number of hydrogen-bond donors (Lipinski definition) is 2. The lowest BCUT2D eigenvalue weighted by Crippen LogP contribution is -2.23. The van der Waals surface area contributed by atoms with Gasteiger partial charge < -0.3 is 9.47 Å². The molecule has 11 heteroatoms. The van der Waals surface area contributed by atoms with Crippen molar-refractivity contribution in [1.82, 2.24) is 14.9 Å². The van der Waals surface area contributed by atoms with E-state index in [2.05, 4.69) is 20.2 Å². The van der Waals surface area contributed by atoms with E-state index in [0.717, 1.165) is 11.3 Å². The molecule has 0 atom stereocenters. The third-order valence-electron chi connectivity index (χ3n) is 3.80. The number of anilines is 1. The summed E-state index contributed by atoms with van der Waals surface area (Å²) in [5.41, 5.74) is 1.14. The molecular weight excluding hydrogens is 404 g/mol. The Kier molecular flexibility index (Phi) is 4.94. The van der Waals surface area contributed by atoms with Crippen molar-refractivity contribution < 1.29 is 22.7 Å². The zero-order valence-electron chi connectivity index (χ0n) is 14.3. The number of rotatable bonds is 6. The normalized spacial score (nSPS) is 12.7. The predicted molar refractivity (Wildman–Crippen MR) is 101 cm³/mol. The molecule has 0 aliphatic carbocycles. The van der Waals surface area contributed by atoms with Gasteiger partial charge >= 0.3 is 0 Å². The second-order valence-electron chi connectivity index (χ2n) is 5.71. The van der Waals surface area contributed by atoms with Gasteiger partial charge in [0.2, 0.25) is 16.3 Å². The van der Waals surface area contributed by atoms with E-state index in [4.69, 9.17) is 9.47 Å². The summed E-state index contributed by atoms with van der Waals surface area (Å²) in [7, 11) is -3.88. The van der Waals surface area contributed by atoms with Crippen LogP contribution in [0.1, 0.15) is 15.9 Å². The highest BCUT2D eigenvalue weighted by Crippen LogP contribution is 2.32. The van der Waals surface area contributed by atoms with Crippen molar-refractivity contribution in [3.8, 4) is 11.5 Å². The fourth-order valence-electron chi connectivity index (χ4n) is 2.42. The van der Waals surface area contributed by atoms with Gasteiger partial charge in [-0.2, -0.15) is 0 Å². The van der Waals surface area contributed by atoms with E-state index in [1.807, 2.05) is 0 Å². The molecule has 28 heavy (non-hydrogen) atoms. The Hall–Kier alpha value is -3.02. The molecule has 2 aromatic carbocycles. The highest BCUT2D eigenvalue weighted by Gasteiger charge is 2.21. The minimum atomic E-state index is -3.88. The summed E-state index contributed by atoms with van der Waals surface area (Å²) in [5.74, 6) is 0.794. The molecule has 0 spiro atoms. The zero-order valence-corrected chi connectivity index (χ0v) is 15.9. The molecule has 3 aromatic rings. The van der Waals surface area contributed by atoms with Crippen LogP contribution in [0.15, 0.2) is 52.9 Å². The van der Waals surface area contributed by atoms with Crippen molar-refractivity contribution in [3.05, 3.63) is 59.7 Å². The molecular formula is C17H14N4O5S2. The molecule has 1 aliphatic heterocycles. The lowest BCUT2D eigenvalue weighted by molar-refractivity contribution is 0.102. The Bertz CT molecular complexity index is 1120. The number of ether oxygens (including phenoxy) is 2. The number of benzene rings is 2. The first-order valence-corrected chi connectivity index (χ1v) is 10.4. The van der Waals surface area contributed by atoms with Gasteiger partial charge in [0.1, 0.15) is 0 Å². The van der Waals surface area contributed by atoms with Crippen LogP contribution in [0.4, 0.5) is 5.13 Å². The highest BCUT2D eigenvalue weighted by molar-refractivity contribution is 7.91. The molecule has 2 heterocycles. The molecule has 2 N–H and O–H groups in total. The van der Waals surface area contributed by atoms with Crippen LogP contribution in [0.3, 0.4) is 0 Å². The van der Waals surface area contributed by atoms with Crippen LogP contribution in [-0.4, -0.2) is 31.3 Å². The topological polar surface area (TPSA) is 120 Å². The zero-order chi connectivity index (χ0) is 19.6. The van der Waals surface area contributed by atoms with Gasteiger partial charge in [0.05, 0.1) is 0 Å². The van der Waals surface area contributed by atoms with Crippen molar-refractivity contribution in [2.24, 2.45) is 0 Å². The lowest BCUT2D eigenvalue weighted by atomic mass is 10.2. The Balaban J connectivity index is 1.41. The molecule has 1 aliphatic rings. The Morgan fingerprint density at radius 1 is 1.07 bits per heavy atom. The molecule has 4 rings (SSSR count). The number of aromatic nitrogens is 2. The van der Waals surface area contributed by atoms with Crippen molar-refractivity contribution in [1.29, 1.82) is 0 Å². The maximum atomic E-state index is 12.4. The van der Waals surface area contributed by atoms with Crippen LogP contribution < -0.4 is 19.5 Å². The quantitative estimate of drug-likeness (QED) is 0.588. The summed E-state index contributed by atoms with van der Waals surface area (Å²) >= 11 is 0.769. The van der Waals surface area contributed by atoms with Crippen molar-refractivity contribution in [3.63, 3.8) is 0 Å². The molecule has 0 saturated heterocycles. The predicted octanol–water partition coefficient (Wildman–Crippen LogP) is 2.00. The number of fused-ring (bicyclic) bond motifs is 1.